The van der Waals surface area contributed by atoms with Crippen molar-refractivity contribution < 1.29 is 14.3 Å². The lowest BCUT2D eigenvalue weighted by atomic mass is 10.0. The summed E-state index contributed by atoms with van der Waals surface area (Å²) >= 11 is 3.40. The van der Waals surface area contributed by atoms with Gasteiger partial charge in [-0.25, -0.2) is 4.98 Å². The van der Waals surface area contributed by atoms with Gasteiger partial charge in [-0.15, -0.1) is 0 Å². The first-order valence-corrected chi connectivity index (χ1v) is 7.03. The molecular formula is C13H16BrN3O3. The fourth-order valence-electron chi connectivity index (χ4n) is 1.99. The van der Waals surface area contributed by atoms with E-state index in [-0.39, 0.29) is 24.2 Å². The van der Waals surface area contributed by atoms with Gasteiger partial charge >= 0.3 is 5.97 Å². The van der Waals surface area contributed by atoms with Crippen molar-refractivity contribution in [3.05, 3.63) is 16.7 Å². The molecule has 2 rings (SSSR count). The third kappa shape index (κ3) is 3.69. The third-order valence-electron chi connectivity index (χ3n) is 2.99. The van der Waals surface area contributed by atoms with E-state index in [9.17, 15) is 9.59 Å². The summed E-state index contributed by atoms with van der Waals surface area (Å²) in [6.07, 6.45) is 2.22. The van der Waals surface area contributed by atoms with Gasteiger partial charge in [-0.3, -0.25) is 9.59 Å². The molecule has 1 aliphatic heterocycles. The normalized spacial score (nSPS) is 17.8. The van der Waals surface area contributed by atoms with Gasteiger partial charge in [-0.05, 0) is 15.9 Å². The quantitative estimate of drug-likeness (QED) is 0.845. The van der Waals surface area contributed by atoms with Gasteiger partial charge in [0.1, 0.15) is 5.82 Å². The lowest BCUT2D eigenvalue weighted by Crippen LogP contribution is -2.18. The molecule has 0 aromatic carbocycles. The van der Waals surface area contributed by atoms with Crippen molar-refractivity contribution in [2.24, 2.45) is 5.92 Å². The van der Waals surface area contributed by atoms with Gasteiger partial charge in [0.05, 0.1) is 23.2 Å². The number of carbonyl (C=O) groups is 2. The van der Waals surface area contributed by atoms with Gasteiger partial charge in [0.2, 0.25) is 5.91 Å². The highest BCUT2D eigenvalue weighted by atomic mass is 79.9. The molecule has 7 heteroatoms. The maximum absolute atomic E-state index is 11.9. The van der Waals surface area contributed by atoms with E-state index in [1.807, 2.05) is 19.0 Å². The largest absolute Gasteiger partial charge is 0.465 e. The van der Waals surface area contributed by atoms with Crippen molar-refractivity contribution in [1.29, 1.82) is 0 Å². The molecule has 1 N–H and O–H groups in total. The van der Waals surface area contributed by atoms with Crippen molar-refractivity contribution in [3.8, 4) is 0 Å². The molecule has 1 atom stereocenters. The Hall–Kier alpha value is -1.63. The molecule has 0 bridgehead atoms. The number of hydrogen-bond donors (Lipinski definition) is 1. The Kier molecular flexibility index (Phi) is 4.59. The van der Waals surface area contributed by atoms with Crippen molar-refractivity contribution in [1.82, 2.24) is 4.98 Å². The Morgan fingerprint density at radius 2 is 2.35 bits per heavy atom. The summed E-state index contributed by atoms with van der Waals surface area (Å²) in [4.78, 5) is 28.9. The highest BCUT2D eigenvalue weighted by molar-refractivity contribution is 9.10. The number of halogens is 1. The first-order chi connectivity index (χ1) is 9.45. The Bertz CT molecular complexity index is 534. The van der Waals surface area contributed by atoms with Gasteiger partial charge in [-0.2, -0.15) is 0 Å². The molecule has 1 aromatic rings. The predicted octanol–water partition coefficient (Wildman–Crippen LogP) is 1.80. The lowest BCUT2D eigenvalue weighted by Gasteiger charge is -2.15. The summed E-state index contributed by atoms with van der Waals surface area (Å²) in [6.45, 7) is 0.322. The van der Waals surface area contributed by atoms with Crippen molar-refractivity contribution in [3.63, 3.8) is 0 Å². The number of hydrogen-bond acceptors (Lipinski definition) is 5. The number of ether oxygens (including phenoxy) is 1. The van der Waals surface area contributed by atoms with Crippen LogP contribution in [0.2, 0.25) is 0 Å². The number of nitrogens with zero attached hydrogens (tertiary/aromatic N) is 2. The van der Waals surface area contributed by atoms with Crippen LogP contribution in [0.1, 0.15) is 12.8 Å². The van der Waals surface area contributed by atoms with Crippen molar-refractivity contribution in [2.75, 3.05) is 30.9 Å². The molecular weight excluding hydrogens is 326 g/mol. The zero-order valence-electron chi connectivity index (χ0n) is 11.4. The van der Waals surface area contributed by atoms with E-state index < -0.39 is 0 Å². The molecule has 1 aliphatic rings. The number of nitrogens with one attached hydrogen (secondary N) is 1. The number of rotatable bonds is 4. The predicted molar refractivity (Wildman–Crippen MR) is 78.6 cm³/mol. The average molecular weight is 342 g/mol. The first-order valence-electron chi connectivity index (χ1n) is 6.24. The van der Waals surface area contributed by atoms with E-state index >= 15 is 0 Å². The van der Waals surface area contributed by atoms with Gasteiger partial charge in [0.15, 0.2) is 0 Å². The number of anilines is 2. The summed E-state index contributed by atoms with van der Waals surface area (Å²) in [7, 11) is 3.82. The molecule has 1 unspecified atom stereocenters. The van der Waals surface area contributed by atoms with Crippen molar-refractivity contribution >= 4 is 39.3 Å². The third-order valence-corrected chi connectivity index (χ3v) is 3.60. The molecule has 2 heterocycles. The van der Waals surface area contributed by atoms with E-state index in [2.05, 4.69) is 26.2 Å². The van der Waals surface area contributed by atoms with Crippen LogP contribution in [0, 0.1) is 5.92 Å². The number of pyridine rings is 1. The monoisotopic (exact) mass is 341 g/mol. The SMILES string of the molecule is CN(C)c1cc(NC(=O)CC2COC(=O)C2)ncc1Br. The molecule has 1 fully saturated rings. The number of cyclic esters (lactones) is 1. The molecule has 1 saturated heterocycles. The van der Waals surface area contributed by atoms with Gasteiger partial charge < -0.3 is 15.0 Å². The maximum Gasteiger partial charge on any atom is 0.306 e. The summed E-state index contributed by atoms with van der Waals surface area (Å²) in [6, 6.07) is 1.79. The Morgan fingerprint density at radius 1 is 1.60 bits per heavy atom. The molecule has 0 radical (unpaired) electrons. The number of amides is 1. The highest BCUT2D eigenvalue weighted by Crippen LogP contribution is 2.26. The standard InChI is InChI=1S/C13H16BrN3O3/c1-17(2)10-5-11(15-6-9(10)14)16-12(18)3-8-4-13(19)20-7-8/h5-6,8H,3-4,7H2,1-2H3,(H,15,16,18). The van der Waals surface area contributed by atoms with E-state index in [0.717, 1.165) is 10.2 Å². The number of esters is 1. The van der Waals surface area contributed by atoms with Crippen LogP contribution in [0.5, 0.6) is 0 Å². The molecule has 0 spiro atoms. The van der Waals surface area contributed by atoms with Crippen LogP contribution in [0.4, 0.5) is 11.5 Å². The van der Waals surface area contributed by atoms with Crippen LogP contribution in [0.15, 0.2) is 16.7 Å². The van der Waals surface area contributed by atoms with E-state index in [1.165, 1.54) is 0 Å². The fourth-order valence-corrected chi connectivity index (χ4v) is 2.56. The van der Waals surface area contributed by atoms with Gasteiger partial charge in [0.25, 0.3) is 0 Å². The lowest BCUT2D eigenvalue weighted by molar-refractivity contribution is -0.138. The topological polar surface area (TPSA) is 71.5 Å². The Balaban J connectivity index is 1.97. The second-order valence-electron chi connectivity index (χ2n) is 4.92. The van der Waals surface area contributed by atoms with Gasteiger partial charge in [0, 0.05) is 38.7 Å². The second kappa shape index (κ2) is 6.21. The van der Waals surface area contributed by atoms with E-state index in [1.54, 1.807) is 12.3 Å². The summed E-state index contributed by atoms with van der Waals surface area (Å²) in [5.41, 5.74) is 0.926. The van der Waals surface area contributed by atoms with E-state index in [4.69, 9.17) is 4.74 Å². The average Bonchev–Trinajstić information content (AvgIpc) is 2.76. The van der Waals surface area contributed by atoms with Crippen LogP contribution < -0.4 is 10.2 Å². The number of carbonyl (C=O) groups excluding carboxylic acids is 2. The fraction of sp³-hybridized carbons (Fsp3) is 0.462. The minimum Gasteiger partial charge on any atom is -0.465 e. The summed E-state index contributed by atoms with van der Waals surface area (Å²) < 4.78 is 5.69. The minimum atomic E-state index is -0.237. The van der Waals surface area contributed by atoms with Crippen LogP contribution >= 0.6 is 15.9 Å². The van der Waals surface area contributed by atoms with Crippen molar-refractivity contribution in [2.45, 2.75) is 12.8 Å². The molecule has 1 aromatic heterocycles. The summed E-state index contributed by atoms with van der Waals surface area (Å²) in [5, 5.41) is 2.74. The summed E-state index contributed by atoms with van der Waals surface area (Å²) in [5.74, 6) is 0.0608. The molecule has 20 heavy (non-hydrogen) atoms. The van der Waals surface area contributed by atoms with Crippen LogP contribution in [-0.4, -0.2) is 37.6 Å². The zero-order valence-corrected chi connectivity index (χ0v) is 12.9. The molecule has 108 valence electrons. The Labute approximate surface area is 125 Å². The second-order valence-corrected chi connectivity index (χ2v) is 5.78. The highest BCUT2D eigenvalue weighted by Gasteiger charge is 2.26. The van der Waals surface area contributed by atoms with Crippen LogP contribution in [0.25, 0.3) is 0 Å². The maximum atomic E-state index is 11.9. The van der Waals surface area contributed by atoms with Crippen LogP contribution in [0.3, 0.4) is 0 Å². The van der Waals surface area contributed by atoms with E-state index in [0.29, 0.717) is 18.8 Å². The smallest absolute Gasteiger partial charge is 0.306 e. The molecule has 6 nitrogen and oxygen atoms in total. The molecule has 0 aliphatic carbocycles. The van der Waals surface area contributed by atoms with Crippen LogP contribution in [-0.2, 0) is 14.3 Å². The molecule has 0 saturated carbocycles. The van der Waals surface area contributed by atoms with Gasteiger partial charge in [-0.1, -0.05) is 0 Å². The zero-order chi connectivity index (χ0) is 14.7. The molecule has 1 amide bonds. The number of aromatic nitrogens is 1. The first kappa shape index (κ1) is 14.8. The Morgan fingerprint density at radius 3 is 2.95 bits per heavy atom. The minimum absolute atomic E-state index is 0.0359.